The molecule has 2 heteroatoms. The maximum atomic E-state index is 10.4. The van der Waals surface area contributed by atoms with Crippen molar-refractivity contribution in [2.45, 2.75) is 64.4 Å². The lowest BCUT2D eigenvalue weighted by Gasteiger charge is -2.43. The minimum absolute atomic E-state index is 0.357. The highest BCUT2D eigenvalue weighted by Crippen LogP contribution is 2.47. The second kappa shape index (κ2) is 4.75. The van der Waals surface area contributed by atoms with E-state index < -0.39 is 5.41 Å². The number of aliphatic hydroxyl groups is 1. The van der Waals surface area contributed by atoms with Crippen LogP contribution < -0.4 is 0 Å². The zero-order chi connectivity index (χ0) is 11.6. The molecule has 0 aromatic heterocycles. The van der Waals surface area contributed by atoms with E-state index >= 15 is 0 Å². The molecule has 2 aliphatic carbocycles. The molecule has 2 nitrogen and oxygen atoms in total. The molecule has 16 heavy (non-hydrogen) atoms. The Morgan fingerprint density at radius 3 is 2.31 bits per heavy atom. The summed E-state index contributed by atoms with van der Waals surface area (Å²) >= 11 is 0. The van der Waals surface area contributed by atoms with Crippen LogP contribution in [0.1, 0.15) is 58.3 Å². The Bertz CT molecular complexity index is 269. The van der Waals surface area contributed by atoms with E-state index in [9.17, 15) is 10.4 Å². The Balaban J connectivity index is 2.00. The van der Waals surface area contributed by atoms with Gasteiger partial charge in [-0.15, -0.1) is 0 Å². The quantitative estimate of drug-likeness (QED) is 0.795. The first-order valence-corrected chi connectivity index (χ1v) is 6.81. The van der Waals surface area contributed by atoms with Gasteiger partial charge in [-0.2, -0.15) is 5.26 Å². The molecule has 2 fully saturated rings. The summed E-state index contributed by atoms with van der Waals surface area (Å²) in [7, 11) is 0. The fraction of sp³-hybridized carbons (Fsp3) is 0.929. The third-order valence-electron chi connectivity index (χ3n) is 4.96. The third kappa shape index (κ3) is 1.98. The van der Waals surface area contributed by atoms with Crippen LogP contribution in [0.5, 0.6) is 0 Å². The molecular weight excluding hydrogens is 198 g/mol. The van der Waals surface area contributed by atoms with Crippen LogP contribution in [0.3, 0.4) is 0 Å². The van der Waals surface area contributed by atoms with Gasteiger partial charge in [0.25, 0.3) is 0 Å². The van der Waals surface area contributed by atoms with Gasteiger partial charge in [0.15, 0.2) is 0 Å². The van der Waals surface area contributed by atoms with Crippen LogP contribution >= 0.6 is 0 Å². The van der Waals surface area contributed by atoms with Crippen molar-refractivity contribution in [3.8, 4) is 6.07 Å². The third-order valence-corrected chi connectivity index (χ3v) is 4.96. The van der Waals surface area contributed by atoms with Gasteiger partial charge in [0, 0.05) is 0 Å². The molecule has 0 spiro atoms. The highest BCUT2D eigenvalue weighted by atomic mass is 16.3. The Hall–Kier alpha value is -0.550. The largest absolute Gasteiger partial charge is 0.391 e. The maximum Gasteiger partial charge on any atom is 0.0835 e. The van der Waals surface area contributed by atoms with Gasteiger partial charge >= 0.3 is 0 Å². The zero-order valence-electron chi connectivity index (χ0n) is 10.3. The summed E-state index contributed by atoms with van der Waals surface area (Å²) < 4.78 is 0. The average Bonchev–Trinajstić information content (AvgIpc) is 2.27. The lowest BCUT2D eigenvalue weighted by molar-refractivity contribution is -0.0398. The number of rotatable bonds is 3. The van der Waals surface area contributed by atoms with Crippen molar-refractivity contribution in [2.75, 3.05) is 0 Å². The molecule has 0 aromatic rings. The van der Waals surface area contributed by atoms with E-state index in [1.165, 1.54) is 12.8 Å². The molecule has 0 aromatic carbocycles. The number of nitrogens with zero attached hydrogens (tertiary/aromatic N) is 1. The van der Waals surface area contributed by atoms with Gasteiger partial charge in [0.05, 0.1) is 17.6 Å². The molecule has 1 atom stereocenters. The Morgan fingerprint density at radius 1 is 1.31 bits per heavy atom. The van der Waals surface area contributed by atoms with Crippen LogP contribution in [-0.4, -0.2) is 11.2 Å². The van der Waals surface area contributed by atoms with Crippen molar-refractivity contribution in [3.63, 3.8) is 0 Å². The molecular formula is C14H23NO. The van der Waals surface area contributed by atoms with Gasteiger partial charge in [-0.3, -0.25) is 0 Å². The predicted molar refractivity (Wildman–Crippen MR) is 63.6 cm³/mol. The van der Waals surface area contributed by atoms with Gasteiger partial charge in [-0.25, -0.2) is 0 Å². The van der Waals surface area contributed by atoms with Gasteiger partial charge in [0.1, 0.15) is 0 Å². The summed E-state index contributed by atoms with van der Waals surface area (Å²) in [5, 5.41) is 19.8. The number of hydrogen-bond acceptors (Lipinski definition) is 2. The van der Waals surface area contributed by atoms with Gasteiger partial charge in [-0.1, -0.05) is 19.8 Å². The van der Waals surface area contributed by atoms with Crippen molar-refractivity contribution in [1.82, 2.24) is 0 Å². The molecule has 0 saturated heterocycles. The molecule has 0 radical (unpaired) electrons. The van der Waals surface area contributed by atoms with Gasteiger partial charge < -0.3 is 5.11 Å². The summed E-state index contributed by atoms with van der Waals surface area (Å²) in [6, 6.07) is 2.46. The maximum absolute atomic E-state index is 10.4. The standard InChI is InChI=1S/C14H23NO/c1-2-11-6-8-14(10-15,9-7-11)13(16)12-4-3-5-12/h11-13,16H,2-9H2,1H3. The highest BCUT2D eigenvalue weighted by molar-refractivity contribution is 5.08. The van der Waals surface area contributed by atoms with Crippen LogP contribution in [0.4, 0.5) is 0 Å². The molecule has 2 rings (SSSR count). The van der Waals surface area contributed by atoms with Crippen LogP contribution in [0, 0.1) is 28.6 Å². The van der Waals surface area contributed by atoms with E-state index in [0.29, 0.717) is 5.92 Å². The lowest BCUT2D eigenvalue weighted by atomic mass is 9.62. The fourth-order valence-corrected chi connectivity index (χ4v) is 3.28. The van der Waals surface area contributed by atoms with E-state index in [0.717, 1.165) is 44.4 Å². The summed E-state index contributed by atoms with van der Waals surface area (Å²) in [5.74, 6) is 1.20. The van der Waals surface area contributed by atoms with Gasteiger partial charge in [0.2, 0.25) is 0 Å². The highest BCUT2D eigenvalue weighted by Gasteiger charge is 2.45. The first kappa shape index (κ1) is 11.9. The topological polar surface area (TPSA) is 44.0 Å². The van der Waals surface area contributed by atoms with E-state index in [-0.39, 0.29) is 6.10 Å². The van der Waals surface area contributed by atoms with E-state index in [1.807, 2.05) is 0 Å². The summed E-state index contributed by atoms with van der Waals surface area (Å²) in [6.45, 7) is 2.23. The number of nitriles is 1. The first-order chi connectivity index (χ1) is 7.72. The first-order valence-electron chi connectivity index (χ1n) is 6.81. The monoisotopic (exact) mass is 221 g/mol. The minimum Gasteiger partial charge on any atom is -0.391 e. The Labute approximate surface area is 98.7 Å². The van der Waals surface area contributed by atoms with Crippen LogP contribution in [0.25, 0.3) is 0 Å². The van der Waals surface area contributed by atoms with Crippen molar-refractivity contribution >= 4 is 0 Å². The molecule has 1 N–H and O–H groups in total. The van der Waals surface area contributed by atoms with E-state index in [1.54, 1.807) is 0 Å². The number of hydrogen-bond donors (Lipinski definition) is 1. The van der Waals surface area contributed by atoms with Gasteiger partial charge in [-0.05, 0) is 50.4 Å². The Kier molecular flexibility index (Phi) is 3.54. The second-order valence-electron chi connectivity index (χ2n) is 5.76. The summed E-state index contributed by atoms with van der Waals surface area (Å²) in [5.41, 5.74) is -0.406. The lowest BCUT2D eigenvalue weighted by Crippen LogP contribution is -2.44. The predicted octanol–water partition coefficient (Wildman–Crippen LogP) is 3.26. The van der Waals surface area contributed by atoms with E-state index in [4.69, 9.17) is 0 Å². The minimum atomic E-state index is -0.406. The Morgan fingerprint density at radius 2 is 1.94 bits per heavy atom. The number of aliphatic hydroxyl groups excluding tert-OH is 1. The molecule has 1 unspecified atom stereocenters. The van der Waals surface area contributed by atoms with Crippen LogP contribution in [0.15, 0.2) is 0 Å². The molecule has 0 aliphatic heterocycles. The molecule has 90 valence electrons. The van der Waals surface area contributed by atoms with E-state index in [2.05, 4.69) is 13.0 Å². The molecule has 0 bridgehead atoms. The van der Waals surface area contributed by atoms with Crippen molar-refractivity contribution in [2.24, 2.45) is 17.3 Å². The molecule has 0 heterocycles. The SMILES string of the molecule is CCC1CCC(C#N)(C(O)C2CCC2)CC1. The van der Waals surface area contributed by atoms with Crippen molar-refractivity contribution < 1.29 is 5.11 Å². The average molecular weight is 221 g/mol. The van der Waals surface area contributed by atoms with Crippen LogP contribution in [0.2, 0.25) is 0 Å². The van der Waals surface area contributed by atoms with Crippen molar-refractivity contribution in [1.29, 1.82) is 5.26 Å². The second-order valence-corrected chi connectivity index (χ2v) is 5.76. The van der Waals surface area contributed by atoms with Crippen molar-refractivity contribution in [3.05, 3.63) is 0 Å². The molecule has 2 aliphatic rings. The zero-order valence-corrected chi connectivity index (χ0v) is 10.3. The summed E-state index contributed by atoms with van der Waals surface area (Å²) in [4.78, 5) is 0. The summed E-state index contributed by atoms with van der Waals surface area (Å²) in [6.07, 6.45) is 8.45. The smallest absolute Gasteiger partial charge is 0.0835 e. The fourth-order valence-electron chi connectivity index (χ4n) is 3.28. The normalized spacial score (nSPS) is 37.4. The van der Waals surface area contributed by atoms with Crippen LogP contribution in [-0.2, 0) is 0 Å². The molecule has 2 saturated carbocycles. The molecule has 0 amide bonds.